The zero-order valence-electron chi connectivity index (χ0n) is 12.0. The second-order valence-electron chi connectivity index (χ2n) is 7.02. The van der Waals surface area contributed by atoms with Gasteiger partial charge in [0.2, 0.25) is 5.91 Å². The molecule has 4 saturated carbocycles. The molecule has 0 N–H and O–H groups in total. The Hall–Kier alpha value is -0.530. The topological polar surface area (TPSA) is 20.3 Å². The van der Waals surface area contributed by atoms with Gasteiger partial charge in [-0.3, -0.25) is 4.79 Å². The summed E-state index contributed by atoms with van der Waals surface area (Å²) in [5.41, 5.74) is 0.0546. The van der Waals surface area contributed by atoms with Crippen LogP contribution in [0.2, 0.25) is 0 Å². The van der Waals surface area contributed by atoms with Crippen LogP contribution in [0.4, 0.5) is 0 Å². The van der Waals surface area contributed by atoms with Crippen molar-refractivity contribution in [2.45, 2.75) is 58.8 Å². The number of fused-ring (bicyclic) bond motifs is 1. The van der Waals surface area contributed by atoms with E-state index in [0.717, 1.165) is 30.8 Å². The van der Waals surface area contributed by atoms with E-state index < -0.39 is 0 Å². The van der Waals surface area contributed by atoms with Crippen LogP contribution in [0.1, 0.15) is 58.8 Å². The number of hydrogen-bond donors (Lipinski definition) is 0. The molecular weight excluding hydrogens is 222 g/mol. The van der Waals surface area contributed by atoms with E-state index in [0.29, 0.717) is 5.91 Å². The van der Waals surface area contributed by atoms with Crippen molar-refractivity contribution in [2.24, 2.45) is 23.2 Å². The summed E-state index contributed by atoms with van der Waals surface area (Å²) >= 11 is 0. The van der Waals surface area contributed by atoms with E-state index in [-0.39, 0.29) is 5.41 Å². The van der Waals surface area contributed by atoms with Crippen molar-refractivity contribution < 1.29 is 4.79 Å². The molecule has 2 heteroatoms. The van der Waals surface area contributed by atoms with Gasteiger partial charge in [-0.2, -0.15) is 0 Å². The molecule has 4 rings (SSSR count). The zero-order valence-corrected chi connectivity index (χ0v) is 12.0. The summed E-state index contributed by atoms with van der Waals surface area (Å²) in [5.74, 6) is 3.07. The summed E-state index contributed by atoms with van der Waals surface area (Å²) < 4.78 is 0. The smallest absolute Gasteiger partial charge is 0.228 e. The van der Waals surface area contributed by atoms with Crippen molar-refractivity contribution in [3.8, 4) is 0 Å². The Morgan fingerprint density at radius 3 is 2.00 bits per heavy atom. The number of carbonyl (C=O) groups is 1. The van der Waals surface area contributed by atoms with Crippen molar-refractivity contribution >= 4 is 5.91 Å². The minimum atomic E-state index is 0.0546. The van der Waals surface area contributed by atoms with Crippen LogP contribution >= 0.6 is 0 Å². The molecule has 18 heavy (non-hydrogen) atoms. The minimum absolute atomic E-state index is 0.0546. The molecular formula is C16H27NO. The van der Waals surface area contributed by atoms with Gasteiger partial charge in [0.1, 0.15) is 0 Å². The van der Waals surface area contributed by atoms with Crippen LogP contribution in [0.3, 0.4) is 0 Å². The molecule has 0 aliphatic heterocycles. The van der Waals surface area contributed by atoms with Gasteiger partial charge in [0, 0.05) is 13.1 Å². The highest BCUT2D eigenvalue weighted by atomic mass is 16.2. The fourth-order valence-corrected chi connectivity index (χ4v) is 5.30. The molecule has 2 unspecified atom stereocenters. The molecule has 0 saturated heterocycles. The summed E-state index contributed by atoms with van der Waals surface area (Å²) in [7, 11) is 0. The van der Waals surface area contributed by atoms with E-state index in [2.05, 4.69) is 18.7 Å². The largest absolute Gasteiger partial charge is 0.343 e. The van der Waals surface area contributed by atoms with Crippen LogP contribution in [-0.4, -0.2) is 23.9 Å². The molecule has 4 aliphatic carbocycles. The molecule has 4 aliphatic rings. The van der Waals surface area contributed by atoms with Crippen molar-refractivity contribution in [2.75, 3.05) is 13.1 Å². The van der Waals surface area contributed by atoms with Gasteiger partial charge >= 0.3 is 0 Å². The third-order valence-corrected chi connectivity index (χ3v) is 5.86. The van der Waals surface area contributed by atoms with Gasteiger partial charge in [0.25, 0.3) is 0 Å². The number of rotatable bonds is 3. The summed E-state index contributed by atoms with van der Waals surface area (Å²) in [5, 5.41) is 0. The summed E-state index contributed by atoms with van der Waals surface area (Å²) in [4.78, 5) is 15.0. The second-order valence-corrected chi connectivity index (χ2v) is 7.02. The molecule has 102 valence electrons. The fraction of sp³-hybridized carbons (Fsp3) is 0.938. The van der Waals surface area contributed by atoms with Crippen LogP contribution in [-0.2, 0) is 4.79 Å². The normalized spacial score (nSPS) is 41.8. The number of nitrogens with zero attached hydrogens (tertiary/aromatic N) is 1. The van der Waals surface area contributed by atoms with E-state index >= 15 is 0 Å². The Morgan fingerprint density at radius 1 is 1.00 bits per heavy atom. The molecule has 4 atom stereocenters. The maximum Gasteiger partial charge on any atom is 0.228 e. The van der Waals surface area contributed by atoms with Gasteiger partial charge in [0.05, 0.1) is 5.41 Å². The predicted octanol–water partition coefficient (Wildman–Crippen LogP) is 3.46. The highest BCUT2D eigenvalue weighted by Crippen LogP contribution is 2.58. The first-order valence-electron chi connectivity index (χ1n) is 7.96. The van der Waals surface area contributed by atoms with Crippen molar-refractivity contribution in [1.82, 2.24) is 4.90 Å². The fourth-order valence-electron chi connectivity index (χ4n) is 5.30. The van der Waals surface area contributed by atoms with Crippen LogP contribution in [0, 0.1) is 23.2 Å². The van der Waals surface area contributed by atoms with E-state index in [9.17, 15) is 4.79 Å². The first-order chi connectivity index (χ1) is 8.66. The third kappa shape index (κ3) is 1.88. The average Bonchev–Trinajstić information content (AvgIpc) is 2.57. The van der Waals surface area contributed by atoms with E-state index in [1.54, 1.807) is 0 Å². The monoisotopic (exact) mass is 249 g/mol. The maximum absolute atomic E-state index is 12.9. The molecule has 0 heterocycles. The molecule has 0 aromatic heterocycles. The standard InChI is InChI=1S/C16H27NO/c1-3-17(4-2)15(18)16-9-12-5-6-13(10-16)8-14(7-12)11-16/h12-14H,3-11H2,1-2H3/t12-,13+,14?,16?. The Labute approximate surface area is 111 Å². The average molecular weight is 249 g/mol. The zero-order chi connectivity index (χ0) is 12.8. The summed E-state index contributed by atoms with van der Waals surface area (Å²) in [6.07, 6.45) is 9.25. The first-order valence-corrected chi connectivity index (χ1v) is 7.96. The molecule has 0 aromatic carbocycles. The number of amides is 1. The van der Waals surface area contributed by atoms with Gasteiger partial charge in [-0.25, -0.2) is 0 Å². The van der Waals surface area contributed by atoms with Gasteiger partial charge in [0.15, 0.2) is 0 Å². The number of carbonyl (C=O) groups excluding carboxylic acids is 1. The molecule has 0 spiro atoms. The second kappa shape index (κ2) is 4.54. The van der Waals surface area contributed by atoms with Crippen molar-refractivity contribution in [1.29, 1.82) is 0 Å². The maximum atomic E-state index is 12.9. The molecule has 4 bridgehead atoms. The van der Waals surface area contributed by atoms with E-state index in [1.807, 2.05) is 0 Å². The Kier molecular flexibility index (Phi) is 3.15. The molecule has 0 aromatic rings. The summed E-state index contributed by atoms with van der Waals surface area (Å²) in [6.45, 7) is 6.01. The lowest BCUT2D eigenvalue weighted by Gasteiger charge is -2.48. The predicted molar refractivity (Wildman–Crippen MR) is 73.2 cm³/mol. The van der Waals surface area contributed by atoms with Crippen LogP contribution in [0.25, 0.3) is 0 Å². The van der Waals surface area contributed by atoms with E-state index in [4.69, 9.17) is 0 Å². The lowest BCUT2D eigenvalue weighted by atomic mass is 9.58. The van der Waals surface area contributed by atoms with Crippen molar-refractivity contribution in [3.05, 3.63) is 0 Å². The van der Waals surface area contributed by atoms with Gasteiger partial charge in [-0.05, 0) is 63.7 Å². The van der Waals surface area contributed by atoms with Crippen LogP contribution in [0.5, 0.6) is 0 Å². The molecule has 2 nitrogen and oxygen atoms in total. The van der Waals surface area contributed by atoms with Crippen LogP contribution in [0.15, 0.2) is 0 Å². The van der Waals surface area contributed by atoms with Crippen LogP contribution < -0.4 is 0 Å². The molecule has 4 fully saturated rings. The van der Waals surface area contributed by atoms with Gasteiger partial charge in [-0.15, -0.1) is 0 Å². The lowest BCUT2D eigenvalue weighted by molar-refractivity contribution is -0.149. The Morgan fingerprint density at radius 2 is 1.50 bits per heavy atom. The lowest BCUT2D eigenvalue weighted by Crippen LogP contribution is -2.50. The number of hydrogen-bond acceptors (Lipinski definition) is 1. The van der Waals surface area contributed by atoms with Gasteiger partial charge < -0.3 is 4.90 Å². The SMILES string of the molecule is CCN(CC)C(=O)C12CC3C[C@@H](CC[C@@H](C3)C1)C2. The Balaban J connectivity index is 1.87. The highest BCUT2D eigenvalue weighted by molar-refractivity contribution is 5.83. The molecule has 0 radical (unpaired) electrons. The van der Waals surface area contributed by atoms with E-state index in [1.165, 1.54) is 44.9 Å². The molecule has 1 amide bonds. The highest BCUT2D eigenvalue weighted by Gasteiger charge is 2.53. The summed E-state index contributed by atoms with van der Waals surface area (Å²) in [6, 6.07) is 0. The Bertz CT molecular complexity index is 318. The first kappa shape index (κ1) is 12.5. The minimum Gasteiger partial charge on any atom is -0.343 e. The third-order valence-electron chi connectivity index (χ3n) is 5.86. The van der Waals surface area contributed by atoms with Gasteiger partial charge in [-0.1, -0.05) is 12.8 Å². The quantitative estimate of drug-likeness (QED) is 0.750. The van der Waals surface area contributed by atoms with Crippen molar-refractivity contribution in [3.63, 3.8) is 0 Å².